The zero-order valence-electron chi connectivity index (χ0n) is 9.87. The Morgan fingerprint density at radius 1 is 1.13 bits per heavy atom. The largest absolute Gasteiger partial charge is 0.466 e. The van der Waals surface area contributed by atoms with E-state index >= 15 is 0 Å². The third kappa shape index (κ3) is 10.9. The smallest absolute Gasteiger partial charge is 0.305 e. The Labute approximate surface area is 93.0 Å². The van der Waals surface area contributed by atoms with Gasteiger partial charge in [-0.25, -0.2) is 0 Å². The van der Waals surface area contributed by atoms with Crippen molar-refractivity contribution in [2.24, 2.45) is 0 Å². The van der Waals surface area contributed by atoms with Crippen molar-refractivity contribution < 1.29 is 9.53 Å². The van der Waals surface area contributed by atoms with Crippen LogP contribution in [0, 0.1) is 0 Å². The highest BCUT2D eigenvalue weighted by Gasteiger charge is 1.98. The number of esters is 1. The van der Waals surface area contributed by atoms with E-state index in [2.05, 4.69) is 31.2 Å². The van der Waals surface area contributed by atoms with Crippen LogP contribution in [0.2, 0.25) is 0 Å². The number of unbranched alkanes of at least 4 members (excludes halogenated alkanes) is 1. The summed E-state index contributed by atoms with van der Waals surface area (Å²) in [6.07, 6.45) is 13.0. The Balaban J connectivity index is 3.30. The lowest BCUT2D eigenvalue weighted by Crippen LogP contribution is -2.02. The van der Waals surface area contributed by atoms with E-state index in [1.807, 2.05) is 6.92 Å². The third-order valence-electron chi connectivity index (χ3n) is 1.90. The van der Waals surface area contributed by atoms with Crippen LogP contribution in [0.25, 0.3) is 0 Å². The number of carbonyl (C=O) groups excluding carboxylic acids is 1. The summed E-state index contributed by atoms with van der Waals surface area (Å²) in [5, 5.41) is 0. The highest BCUT2D eigenvalue weighted by atomic mass is 16.5. The summed E-state index contributed by atoms with van der Waals surface area (Å²) in [4.78, 5) is 11.0. The molecule has 0 aliphatic rings. The van der Waals surface area contributed by atoms with E-state index in [4.69, 9.17) is 4.74 Å². The Morgan fingerprint density at radius 2 is 1.87 bits per heavy atom. The van der Waals surface area contributed by atoms with Crippen LogP contribution in [-0.4, -0.2) is 12.6 Å². The van der Waals surface area contributed by atoms with E-state index < -0.39 is 0 Å². The van der Waals surface area contributed by atoms with Gasteiger partial charge in [-0.1, -0.05) is 31.2 Å². The molecule has 2 heteroatoms. The molecular formula is C13H22O2. The second-order valence-corrected chi connectivity index (χ2v) is 3.28. The average molecular weight is 210 g/mol. The van der Waals surface area contributed by atoms with Crippen LogP contribution in [0.5, 0.6) is 0 Å². The molecule has 0 saturated carbocycles. The van der Waals surface area contributed by atoms with E-state index in [1.54, 1.807) is 0 Å². The summed E-state index contributed by atoms with van der Waals surface area (Å²) in [6, 6.07) is 0. The molecule has 0 amide bonds. The van der Waals surface area contributed by atoms with Crippen LogP contribution in [-0.2, 0) is 9.53 Å². The fourth-order valence-electron chi connectivity index (χ4n) is 1.15. The van der Waals surface area contributed by atoms with Crippen molar-refractivity contribution >= 4 is 5.97 Å². The average Bonchev–Trinajstić information content (AvgIpc) is 2.22. The number of rotatable bonds is 8. The van der Waals surface area contributed by atoms with E-state index in [1.165, 1.54) is 0 Å². The number of ether oxygens (including phenoxy) is 1. The van der Waals surface area contributed by atoms with Crippen LogP contribution in [0.4, 0.5) is 0 Å². The predicted molar refractivity (Wildman–Crippen MR) is 63.7 cm³/mol. The highest BCUT2D eigenvalue weighted by Crippen LogP contribution is 2.00. The normalized spacial score (nSPS) is 11.3. The fraction of sp³-hybridized carbons (Fsp3) is 0.615. The maximum absolute atomic E-state index is 11.0. The zero-order chi connectivity index (χ0) is 11.4. The molecule has 0 bridgehead atoms. The van der Waals surface area contributed by atoms with Crippen LogP contribution in [0.3, 0.4) is 0 Å². The van der Waals surface area contributed by atoms with E-state index in [0.717, 1.165) is 25.7 Å². The van der Waals surface area contributed by atoms with E-state index in [-0.39, 0.29) is 5.97 Å². The quantitative estimate of drug-likeness (QED) is 0.347. The first kappa shape index (κ1) is 13.9. The minimum atomic E-state index is -0.0863. The number of hydrogen-bond acceptors (Lipinski definition) is 2. The minimum absolute atomic E-state index is 0.0863. The molecule has 0 heterocycles. The third-order valence-corrected chi connectivity index (χ3v) is 1.90. The van der Waals surface area contributed by atoms with Crippen LogP contribution >= 0.6 is 0 Å². The minimum Gasteiger partial charge on any atom is -0.466 e. The summed E-state index contributed by atoms with van der Waals surface area (Å²) in [6.45, 7) is 4.44. The number of carbonyl (C=O) groups is 1. The topological polar surface area (TPSA) is 26.3 Å². The fourth-order valence-corrected chi connectivity index (χ4v) is 1.15. The lowest BCUT2D eigenvalue weighted by molar-refractivity contribution is -0.143. The standard InChI is InChI=1S/C13H22O2/c1-3-5-6-7-8-9-10-11-12-13(14)15-4-2/h5-6,8-9H,3-4,7,10-12H2,1-2H3/b6-5+,9-8+. The molecule has 0 aliphatic heterocycles. The van der Waals surface area contributed by atoms with Gasteiger partial charge in [-0.2, -0.15) is 0 Å². The first-order chi connectivity index (χ1) is 7.31. The Morgan fingerprint density at radius 3 is 2.53 bits per heavy atom. The molecule has 0 N–H and O–H groups in total. The molecule has 0 fully saturated rings. The molecule has 86 valence electrons. The van der Waals surface area contributed by atoms with Crippen molar-refractivity contribution in [3.05, 3.63) is 24.3 Å². The maximum Gasteiger partial charge on any atom is 0.305 e. The zero-order valence-corrected chi connectivity index (χ0v) is 9.87. The number of hydrogen-bond donors (Lipinski definition) is 0. The molecule has 0 aromatic heterocycles. The second-order valence-electron chi connectivity index (χ2n) is 3.28. The molecule has 0 rings (SSSR count). The summed E-state index contributed by atoms with van der Waals surface area (Å²) in [5.41, 5.74) is 0. The molecule has 0 spiro atoms. The van der Waals surface area contributed by atoms with Crippen molar-refractivity contribution in [3.63, 3.8) is 0 Å². The molecule has 0 aromatic rings. The molecule has 2 nitrogen and oxygen atoms in total. The van der Waals surface area contributed by atoms with Gasteiger partial charge in [-0.05, 0) is 32.6 Å². The van der Waals surface area contributed by atoms with Gasteiger partial charge in [0.25, 0.3) is 0 Å². The second kappa shape index (κ2) is 11.0. The van der Waals surface area contributed by atoms with Gasteiger partial charge in [-0.15, -0.1) is 0 Å². The van der Waals surface area contributed by atoms with Crippen molar-refractivity contribution in [3.8, 4) is 0 Å². The first-order valence-corrected chi connectivity index (χ1v) is 5.76. The monoisotopic (exact) mass is 210 g/mol. The van der Waals surface area contributed by atoms with Crippen molar-refractivity contribution in [2.45, 2.75) is 46.0 Å². The summed E-state index contributed by atoms with van der Waals surface area (Å²) in [7, 11) is 0. The van der Waals surface area contributed by atoms with E-state index in [0.29, 0.717) is 13.0 Å². The van der Waals surface area contributed by atoms with Gasteiger partial charge >= 0.3 is 5.97 Å². The number of allylic oxidation sites excluding steroid dienone is 4. The van der Waals surface area contributed by atoms with Gasteiger partial charge < -0.3 is 4.74 Å². The van der Waals surface area contributed by atoms with Gasteiger partial charge in [0.2, 0.25) is 0 Å². The Bertz CT molecular complexity index is 205. The first-order valence-electron chi connectivity index (χ1n) is 5.76. The summed E-state index contributed by atoms with van der Waals surface area (Å²) in [5.74, 6) is -0.0863. The molecule has 0 aliphatic carbocycles. The lowest BCUT2D eigenvalue weighted by Gasteiger charge is -1.98. The molecule has 0 atom stereocenters. The summed E-state index contributed by atoms with van der Waals surface area (Å²) >= 11 is 0. The van der Waals surface area contributed by atoms with Crippen LogP contribution in [0.1, 0.15) is 46.0 Å². The predicted octanol–water partition coefficient (Wildman–Crippen LogP) is 3.63. The van der Waals surface area contributed by atoms with Crippen molar-refractivity contribution in [2.75, 3.05) is 6.61 Å². The molecule has 0 unspecified atom stereocenters. The van der Waals surface area contributed by atoms with Gasteiger partial charge in [0.1, 0.15) is 0 Å². The van der Waals surface area contributed by atoms with Gasteiger partial charge in [-0.3, -0.25) is 4.79 Å². The van der Waals surface area contributed by atoms with Gasteiger partial charge in [0.05, 0.1) is 6.61 Å². The van der Waals surface area contributed by atoms with Gasteiger partial charge in [0.15, 0.2) is 0 Å². The van der Waals surface area contributed by atoms with Gasteiger partial charge in [0, 0.05) is 6.42 Å². The van der Waals surface area contributed by atoms with Crippen LogP contribution < -0.4 is 0 Å². The molecule has 0 radical (unpaired) electrons. The Hall–Kier alpha value is -1.05. The van der Waals surface area contributed by atoms with Crippen molar-refractivity contribution in [1.29, 1.82) is 0 Å². The maximum atomic E-state index is 11.0. The highest BCUT2D eigenvalue weighted by molar-refractivity contribution is 5.69. The molecule has 0 aromatic carbocycles. The lowest BCUT2D eigenvalue weighted by atomic mass is 10.2. The molecule has 0 saturated heterocycles. The Kier molecular flexibility index (Phi) is 10.3. The van der Waals surface area contributed by atoms with Crippen molar-refractivity contribution in [1.82, 2.24) is 0 Å². The molecule has 15 heavy (non-hydrogen) atoms. The van der Waals surface area contributed by atoms with Crippen LogP contribution in [0.15, 0.2) is 24.3 Å². The van der Waals surface area contributed by atoms with E-state index in [9.17, 15) is 4.79 Å². The SMILES string of the molecule is CC/C=C/C/C=C/CCCC(=O)OCC. The summed E-state index contributed by atoms with van der Waals surface area (Å²) < 4.78 is 4.83. The molecular weight excluding hydrogens is 188 g/mol.